The quantitative estimate of drug-likeness (QED) is 0.309. The predicted octanol–water partition coefficient (Wildman–Crippen LogP) is 4.05. The Balaban J connectivity index is 1.68. The van der Waals surface area contributed by atoms with E-state index >= 15 is 0 Å². The molecule has 2 N–H and O–H groups in total. The van der Waals surface area contributed by atoms with Crippen molar-refractivity contribution in [1.29, 1.82) is 0 Å². The molecule has 2 heterocycles. The van der Waals surface area contributed by atoms with Crippen LogP contribution in [0.25, 0.3) is 5.76 Å². The molecule has 1 atom stereocenters. The van der Waals surface area contributed by atoms with Crippen molar-refractivity contribution >= 4 is 34.7 Å². The third kappa shape index (κ3) is 4.47. The molecule has 37 heavy (non-hydrogen) atoms. The number of benzene rings is 3. The molecular weight excluding hydrogens is 476 g/mol. The molecule has 3 aromatic rings. The van der Waals surface area contributed by atoms with E-state index in [0.717, 1.165) is 0 Å². The molecule has 0 aromatic heterocycles. The fraction of sp³-hybridized carbons (Fsp3) is 0.179. The number of ether oxygens (including phenoxy) is 3. The van der Waals surface area contributed by atoms with Crippen molar-refractivity contribution in [1.82, 2.24) is 0 Å². The van der Waals surface area contributed by atoms with Crippen molar-refractivity contribution in [3.05, 3.63) is 83.4 Å². The number of hydrogen-bond donors (Lipinski definition) is 2. The van der Waals surface area contributed by atoms with Gasteiger partial charge in [0.05, 0.1) is 18.7 Å². The first-order chi connectivity index (χ1) is 17.9. The van der Waals surface area contributed by atoms with Gasteiger partial charge >= 0.3 is 0 Å². The lowest BCUT2D eigenvalue weighted by molar-refractivity contribution is -0.132. The Morgan fingerprint density at radius 1 is 1.00 bits per heavy atom. The second-order valence-electron chi connectivity index (χ2n) is 8.54. The van der Waals surface area contributed by atoms with Gasteiger partial charge in [-0.1, -0.05) is 18.2 Å². The molecule has 3 aromatic carbocycles. The summed E-state index contributed by atoms with van der Waals surface area (Å²) in [5.41, 5.74) is 1.62. The number of aliphatic hydroxyl groups excluding tert-OH is 1. The van der Waals surface area contributed by atoms with Gasteiger partial charge in [-0.3, -0.25) is 19.3 Å². The monoisotopic (exact) mass is 500 g/mol. The van der Waals surface area contributed by atoms with E-state index in [1.165, 1.54) is 18.9 Å². The molecule has 0 aliphatic carbocycles. The maximum atomic E-state index is 13.4. The zero-order valence-corrected chi connectivity index (χ0v) is 20.2. The van der Waals surface area contributed by atoms with Crippen LogP contribution in [0.3, 0.4) is 0 Å². The first-order valence-electron chi connectivity index (χ1n) is 11.6. The van der Waals surface area contributed by atoms with Crippen LogP contribution >= 0.6 is 0 Å². The lowest BCUT2D eigenvalue weighted by atomic mass is 9.94. The average Bonchev–Trinajstić information content (AvgIpc) is 3.18. The Kier molecular flexibility index (Phi) is 6.27. The van der Waals surface area contributed by atoms with Gasteiger partial charge in [0.25, 0.3) is 11.7 Å². The topological polar surface area (TPSA) is 114 Å². The summed E-state index contributed by atoms with van der Waals surface area (Å²) in [6, 6.07) is 17.4. The second kappa shape index (κ2) is 9.69. The maximum absolute atomic E-state index is 13.4. The first-order valence-corrected chi connectivity index (χ1v) is 11.6. The fourth-order valence-corrected chi connectivity index (χ4v) is 4.51. The number of hydrogen-bond acceptors (Lipinski definition) is 7. The lowest BCUT2D eigenvalue weighted by Gasteiger charge is -2.26. The van der Waals surface area contributed by atoms with Gasteiger partial charge in [0.2, 0.25) is 5.91 Å². The number of fused-ring (bicyclic) bond motifs is 1. The molecule has 2 amide bonds. The van der Waals surface area contributed by atoms with Crippen LogP contribution in [0.1, 0.15) is 24.1 Å². The first kappa shape index (κ1) is 23.9. The smallest absolute Gasteiger partial charge is 0.300 e. The highest BCUT2D eigenvalue weighted by Gasteiger charge is 2.47. The summed E-state index contributed by atoms with van der Waals surface area (Å²) < 4.78 is 16.6. The Bertz CT molecular complexity index is 1450. The van der Waals surface area contributed by atoms with E-state index in [-0.39, 0.29) is 17.2 Å². The van der Waals surface area contributed by atoms with Gasteiger partial charge in [-0.25, -0.2) is 0 Å². The van der Waals surface area contributed by atoms with Crippen molar-refractivity contribution in [3.63, 3.8) is 0 Å². The van der Waals surface area contributed by atoms with Gasteiger partial charge < -0.3 is 24.6 Å². The summed E-state index contributed by atoms with van der Waals surface area (Å²) in [6.07, 6.45) is 0. The van der Waals surface area contributed by atoms with Crippen molar-refractivity contribution in [2.75, 3.05) is 30.5 Å². The number of carbonyl (C=O) groups excluding carboxylic acids is 3. The van der Waals surface area contributed by atoms with Crippen LogP contribution in [0.5, 0.6) is 17.2 Å². The zero-order chi connectivity index (χ0) is 26.1. The van der Waals surface area contributed by atoms with E-state index in [9.17, 15) is 19.5 Å². The summed E-state index contributed by atoms with van der Waals surface area (Å²) in [5, 5.41) is 14.1. The predicted molar refractivity (Wildman–Crippen MR) is 136 cm³/mol. The van der Waals surface area contributed by atoms with Crippen LogP contribution in [-0.2, 0) is 14.4 Å². The minimum atomic E-state index is -0.962. The summed E-state index contributed by atoms with van der Waals surface area (Å²) in [6.45, 7) is 2.15. The molecule has 188 valence electrons. The standard InChI is InChI=1S/C28H24N2O7/c1-16(31)29-19-6-4-7-20(15-19)30-25(17-5-3-8-21(13-17)35-2)24(27(33)28(30)34)26(32)18-9-10-22-23(14-18)37-12-11-36-22/h3-10,13-15,25,32H,11-12H2,1-2H3,(H,29,31)/b26-24-. The highest BCUT2D eigenvalue weighted by molar-refractivity contribution is 6.51. The summed E-state index contributed by atoms with van der Waals surface area (Å²) in [5.74, 6) is -0.787. The third-order valence-electron chi connectivity index (χ3n) is 6.11. The van der Waals surface area contributed by atoms with Gasteiger partial charge in [0, 0.05) is 23.9 Å². The average molecular weight is 501 g/mol. The van der Waals surface area contributed by atoms with Crippen LogP contribution in [0.4, 0.5) is 11.4 Å². The number of amides is 2. The lowest BCUT2D eigenvalue weighted by Crippen LogP contribution is -2.29. The molecule has 0 saturated carbocycles. The summed E-state index contributed by atoms with van der Waals surface area (Å²) in [4.78, 5) is 39.8. The number of carbonyl (C=O) groups is 3. The molecule has 1 fully saturated rings. The molecule has 2 aliphatic rings. The molecule has 5 rings (SSSR count). The number of ketones is 1. The number of methoxy groups -OCH3 is 1. The van der Waals surface area contributed by atoms with Crippen LogP contribution < -0.4 is 24.4 Å². The van der Waals surface area contributed by atoms with E-state index in [0.29, 0.717) is 53.0 Å². The van der Waals surface area contributed by atoms with Gasteiger partial charge in [-0.15, -0.1) is 0 Å². The highest BCUT2D eigenvalue weighted by Crippen LogP contribution is 2.44. The third-order valence-corrected chi connectivity index (χ3v) is 6.11. The van der Waals surface area contributed by atoms with Crippen LogP contribution in [0.15, 0.2) is 72.3 Å². The molecule has 0 spiro atoms. The van der Waals surface area contributed by atoms with Crippen LogP contribution in [-0.4, -0.2) is 43.0 Å². The van der Waals surface area contributed by atoms with Crippen molar-refractivity contribution in [2.45, 2.75) is 13.0 Å². The largest absolute Gasteiger partial charge is 0.507 e. The van der Waals surface area contributed by atoms with Gasteiger partial charge in [0.1, 0.15) is 24.7 Å². The summed E-state index contributed by atoms with van der Waals surface area (Å²) >= 11 is 0. The van der Waals surface area contributed by atoms with Crippen molar-refractivity contribution in [3.8, 4) is 17.2 Å². The number of nitrogens with zero attached hydrogens (tertiary/aromatic N) is 1. The summed E-state index contributed by atoms with van der Waals surface area (Å²) in [7, 11) is 1.52. The normalized spacial score (nSPS) is 18.0. The fourth-order valence-electron chi connectivity index (χ4n) is 4.51. The molecule has 1 unspecified atom stereocenters. The molecule has 0 bridgehead atoms. The highest BCUT2D eigenvalue weighted by atomic mass is 16.6. The maximum Gasteiger partial charge on any atom is 0.300 e. The molecule has 9 heteroatoms. The number of anilines is 2. The van der Waals surface area contributed by atoms with E-state index in [4.69, 9.17) is 14.2 Å². The Labute approximate surface area is 212 Å². The van der Waals surface area contributed by atoms with Gasteiger partial charge in [0.15, 0.2) is 11.5 Å². The van der Waals surface area contributed by atoms with Crippen LogP contribution in [0.2, 0.25) is 0 Å². The molecular formula is C28H24N2O7. The van der Waals surface area contributed by atoms with E-state index in [1.807, 2.05) is 0 Å². The molecule has 2 aliphatic heterocycles. The van der Waals surface area contributed by atoms with E-state index in [1.54, 1.807) is 66.7 Å². The SMILES string of the molecule is COc1cccc(C2/C(=C(/O)c3ccc4c(c3)OCCO4)C(=O)C(=O)N2c2cccc(NC(C)=O)c2)c1. The Hall–Kier alpha value is -4.79. The van der Waals surface area contributed by atoms with Crippen LogP contribution in [0, 0.1) is 0 Å². The zero-order valence-electron chi connectivity index (χ0n) is 20.2. The van der Waals surface area contributed by atoms with Gasteiger partial charge in [-0.2, -0.15) is 0 Å². The number of Topliss-reactive ketones (excluding diaryl/α,β-unsaturated/α-hetero) is 1. The second-order valence-corrected chi connectivity index (χ2v) is 8.54. The molecule has 9 nitrogen and oxygen atoms in total. The van der Waals surface area contributed by atoms with Crippen molar-refractivity contribution in [2.24, 2.45) is 0 Å². The Morgan fingerprint density at radius 3 is 2.51 bits per heavy atom. The van der Waals surface area contributed by atoms with E-state index in [2.05, 4.69) is 5.32 Å². The number of aliphatic hydroxyl groups is 1. The minimum Gasteiger partial charge on any atom is -0.507 e. The minimum absolute atomic E-state index is 0.0835. The van der Waals surface area contributed by atoms with E-state index < -0.39 is 17.7 Å². The molecule has 1 saturated heterocycles. The number of rotatable bonds is 5. The van der Waals surface area contributed by atoms with Crippen molar-refractivity contribution < 1.29 is 33.7 Å². The molecule has 0 radical (unpaired) electrons. The van der Waals surface area contributed by atoms with Gasteiger partial charge in [-0.05, 0) is 54.1 Å². The number of nitrogens with one attached hydrogen (secondary N) is 1. The Morgan fingerprint density at radius 2 is 1.76 bits per heavy atom.